The Morgan fingerprint density at radius 3 is 2.51 bits per heavy atom. The average Bonchev–Trinajstić information content (AvgIpc) is 3.22. The molecule has 7 nitrogen and oxygen atoms in total. The van der Waals surface area contributed by atoms with E-state index in [4.69, 9.17) is 23.2 Å². The highest BCUT2D eigenvalue weighted by Gasteiger charge is 2.25. The molecule has 0 fully saturated rings. The third kappa shape index (κ3) is 7.84. The first-order chi connectivity index (χ1) is 17.6. The molecule has 1 heterocycles. The fraction of sp³-hybridized carbons (Fsp3) is 0.333. The van der Waals surface area contributed by atoms with Crippen molar-refractivity contribution in [2.24, 2.45) is 5.92 Å². The summed E-state index contributed by atoms with van der Waals surface area (Å²) >= 11 is 13.5. The molecule has 1 aromatic heterocycles. The summed E-state index contributed by atoms with van der Waals surface area (Å²) in [6.45, 7) is 12.4. The lowest BCUT2D eigenvalue weighted by atomic mass is 10.0. The number of allylic oxidation sites excluding steroid dienone is 1. The number of nitrogens with zero attached hydrogens (tertiary/aromatic N) is 3. The lowest BCUT2D eigenvalue weighted by molar-refractivity contribution is -0.113. The van der Waals surface area contributed by atoms with E-state index < -0.39 is 6.04 Å². The van der Waals surface area contributed by atoms with Gasteiger partial charge in [-0.2, -0.15) is 0 Å². The maximum Gasteiger partial charge on any atom is 0.253 e. The van der Waals surface area contributed by atoms with Gasteiger partial charge in [0, 0.05) is 17.3 Å². The topological polar surface area (TPSA) is 88.9 Å². The summed E-state index contributed by atoms with van der Waals surface area (Å²) in [7, 11) is 0. The van der Waals surface area contributed by atoms with Crippen molar-refractivity contribution < 1.29 is 9.59 Å². The normalized spacial score (nSPS) is 11.9. The molecule has 1 atom stereocenters. The number of hydrogen-bond acceptors (Lipinski definition) is 5. The second kappa shape index (κ2) is 13.1. The molecule has 37 heavy (non-hydrogen) atoms. The Bertz CT molecular complexity index is 1290. The summed E-state index contributed by atoms with van der Waals surface area (Å²) in [5, 5.41) is 16.0. The van der Waals surface area contributed by atoms with Crippen LogP contribution in [0.4, 0.5) is 5.69 Å². The van der Waals surface area contributed by atoms with Gasteiger partial charge in [-0.05, 0) is 67.6 Å². The van der Waals surface area contributed by atoms with Crippen LogP contribution in [0.2, 0.25) is 10.0 Å². The number of anilines is 1. The van der Waals surface area contributed by atoms with Gasteiger partial charge in [-0.15, -0.1) is 16.8 Å². The molecular weight excluding hydrogens is 529 g/mol. The lowest BCUT2D eigenvalue weighted by Crippen LogP contribution is -2.32. The van der Waals surface area contributed by atoms with Crippen molar-refractivity contribution >= 4 is 52.5 Å². The molecule has 2 amide bonds. The van der Waals surface area contributed by atoms with Gasteiger partial charge in [0.25, 0.3) is 5.91 Å². The van der Waals surface area contributed by atoms with Crippen LogP contribution in [0.5, 0.6) is 0 Å². The van der Waals surface area contributed by atoms with E-state index in [1.54, 1.807) is 18.2 Å². The number of benzene rings is 2. The van der Waals surface area contributed by atoms with E-state index in [0.717, 1.165) is 11.3 Å². The molecule has 0 spiro atoms. The minimum atomic E-state index is -0.426. The molecule has 0 aliphatic heterocycles. The zero-order valence-electron chi connectivity index (χ0n) is 21.3. The van der Waals surface area contributed by atoms with Crippen LogP contribution in [0.1, 0.15) is 53.6 Å². The van der Waals surface area contributed by atoms with Crippen LogP contribution >= 0.6 is 35.0 Å². The largest absolute Gasteiger partial charge is 0.342 e. The monoisotopic (exact) mass is 559 g/mol. The van der Waals surface area contributed by atoms with Gasteiger partial charge < -0.3 is 15.2 Å². The number of amides is 2. The fourth-order valence-electron chi connectivity index (χ4n) is 3.72. The molecular formula is C27H31Cl2N5O2S. The standard InChI is InChI=1S/C27H31Cl2N5O2S/c1-6-11-34-25(23(12-16(2)3)31-26(36)21-10-8-19(28)14-22(21)29)32-33-27(34)37-15-24(35)30-20-9-7-17(4)18(5)13-20/h6-10,13-14,16,23H,1,11-12,15H2,2-5H3,(H,30,35)(H,31,36)/t23-/m1/s1. The van der Waals surface area contributed by atoms with E-state index in [2.05, 4.69) is 41.3 Å². The zero-order valence-corrected chi connectivity index (χ0v) is 23.7. The summed E-state index contributed by atoms with van der Waals surface area (Å²) in [6.07, 6.45) is 2.36. The van der Waals surface area contributed by atoms with Crippen LogP contribution in [0.25, 0.3) is 0 Å². The van der Waals surface area contributed by atoms with Crippen LogP contribution in [-0.2, 0) is 11.3 Å². The predicted octanol–water partition coefficient (Wildman–Crippen LogP) is 6.64. The number of aromatic nitrogens is 3. The van der Waals surface area contributed by atoms with Gasteiger partial charge in [0.15, 0.2) is 11.0 Å². The van der Waals surface area contributed by atoms with Crippen LogP contribution in [0.15, 0.2) is 54.2 Å². The fourth-order valence-corrected chi connectivity index (χ4v) is 4.97. The molecule has 196 valence electrons. The van der Waals surface area contributed by atoms with E-state index in [-0.39, 0.29) is 28.5 Å². The summed E-state index contributed by atoms with van der Waals surface area (Å²) in [5.41, 5.74) is 3.35. The van der Waals surface area contributed by atoms with Gasteiger partial charge >= 0.3 is 0 Å². The van der Waals surface area contributed by atoms with E-state index in [9.17, 15) is 9.59 Å². The van der Waals surface area contributed by atoms with Crippen LogP contribution in [0, 0.1) is 19.8 Å². The van der Waals surface area contributed by atoms with Crippen molar-refractivity contribution in [3.8, 4) is 0 Å². The number of rotatable bonds is 11. The molecule has 0 bridgehead atoms. The first kappa shape index (κ1) is 28.8. The molecule has 0 saturated heterocycles. The quantitative estimate of drug-likeness (QED) is 0.203. The van der Waals surface area contributed by atoms with Gasteiger partial charge in [-0.3, -0.25) is 9.59 Å². The second-order valence-corrected chi connectivity index (χ2v) is 10.9. The molecule has 0 radical (unpaired) electrons. The Morgan fingerprint density at radius 2 is 1.86 bits per heavy atom. The molecule has 2 N–H and O–H groups in total. The molecule has 3 rings (SSSR count). The number of aryl methyl sites for hydroxylation is 2. The third-order valence-electron chi connectivity index (χ3n) is 5.68. The summed E-state index contributed by atoms with van der Waals surface area (Å²) in [6, 6.07) is 10.1. The van der Waals surface area contributed by atoms with Crippen LogP contribution < -0.4 is 10.6 Å². The minimum Gasteiger partial charge on any atom is -0.342 e. The van der Waals surface area contributed by atoms with Crippen molar-refractivity contribution in [1.82, 2.24) is 20.1 Å². The molecule has 0 unspecified atom stereocenters. The molecule has 3 aromatic rings. The van der Waals surface area contributed by atoms with Gasteiger partial charge in [0.1, 0.15) is 0 Å². The molecule has 0 saturated carbocycles. The first-order valence-electron chi connectivity index (χ1n) is 11.9. The maximum atomic E-state index is 13.1. The van der Waals surface area contributed by atoms with Gasteiger partial charge in [0.2, 0.25) is 5.91 Å². The van der Waals surface area contributed by atoms with E-state index >= 15 is 0 Å². The Labute approximate surface area is 232 Å². The van der Waals surface area contributed by atoms with E-state index in [1.807, 2.05) is 36.6 Å². The minimum absolute atomic E-state index is 0.146. The molecule has 2 aromatic carbocycles. The molecule has 0 aliphatic carbocycles. The van der Waals surface area contributed by atoms with Crippen LogP contribution in [-0.4, -0.2) is 32.3 Å². The Kier molecular flexibility index (Phi) is 10.2. The second-order valence-electron chi connectivity index (χ2n) is 9.16. The van der Waals surface area contributed by atoms with Gasteiger partial charge in [-0.1, -0.05) is 61.0 Å². The lowest BCUT2D eigenvalue weighted by Gasteiger charge is -2.21. The van der Waals surface area contributed by atoms with Crippen molar-refractivity contribution in [2.75, 3.05) is 11.1 Å². The van der Waals surface area contributed by atoms with Crippen molar-refractivity contribution in [2.45, 2.75) is 51.9 Å². The zero-order chi connectivity index (χ0) is 27.1. The number of carbonyl (C=O) groups excluding carboxylic acids is 2. The predicted molar refractivity (Wildman–Crippen MR) is 152 cm³/mol. The van der Waals surface area contributed by atoms with E-state index in [0.29, 0.717) is 34.5 Å². The van der Waals surface area contributed by atoms with Crippen molar-refractivity contribution in [1.29, 1.82) is 0 Å². The van der Waals surface area contributed by atoms with Crippen LogP contribution in [0.3, 0.4) is 0 Å². The van der Waals surface area contributed by atoms with E-state index in [1.165, 1.54) is 23.4 Å². The Hall–Kier alpha value is -2.81. The highest BCUT2D eigenvalue weighted by atomic mass is 35.5. The summed E-state index contributed by atoms with van der Waals surface area (Å²) in [4.78, 5) is 25.7. The number of nitrogens with one attached hydrogen (secondary N) is 2. The number of hydrogen-bond donors (Lipinski definition) is 2. The van der Waals surface area contributed by atoms with Gasteiger partial charge in [0.05, 0.1) is 22.4 Å². The number of halogens is 2. The van der Waals surface area contributed by atoms with Crippen molar-refractivity contribution in [3.05, 3.63) is 81.6 Å². The average molecular weight is 561 g/mol. The molecule has 10 heteroatoms. The first-order valence-corrected chi connectivity index (χ1v) is 13.6. The highest BCUT2D eigenvalue weighted by Crippen LogP contribution is 2.27. The maximum absolute atomic E-state index is 13.1. The smallest absolute Gasteiger partial charge is 0.253 e. The summed E-state index contributed by atoms with van der Waals surface area (Å²) in [5.74, 6) is 0.530. The Morgan fingerprint density at radius 1 is 1.11 bits per heavy atom. The number of thioether (sulfide) groups is 1. The Balaban J connectivity index is 1.78. The SMILES string of the molecule is C=CCn1c(SCC(=O)Nc2ccc(C)c(C)c2)nnc1[C@@H](CC(C)C)NC(=O)c1ccc(Cl)cc1Cl. The summed E-state index contributed by atoms with van der Waals surface area (Å²) < 4.78 is 1.87. The van der Waals surface area contributed by atoms with Gasteiger partial charge in [-0.25, -0.2) is 0 Å². The molecule has 0 aliphatic rings. The van der Waals surface area contributed by atoms with Crippen molar-refractivity contribution in [3.63, 3.8) is 0 Å². The number of carbonyl (C=O) groups is 2. The highest BCUT2D eigenvalue weighted by molar-refractivity contribution is 7.99. The third-order valence-corrected chi connectivity index (χ3v) is 7.19.